The van der Waals surface area contributed by atoms with E-state index >= 15 is 0 Å². The molecule has 9 nitrogen and oxygen atoms in total. The Morgan fingerprint density at radius 3 is 2.69 bits per heavy atom. The third-order valence-electron chi connectivity index (χ3n) is 8.62. The molecule has 0 amide bonds. The maximum atomic E-state index is 12.3. The molecule has 2 saturated heterocycles. The maximum Gasteiger partial charge on any atom is 0.253 e. The van der Waals surface area contributed by atoms with Crippen molar-refractivity contribution >= 4 is 22.7 Å². The van der Waals surface area contributed by atoms with Gasteiger partial charge in [-0.05, 0) is 55.0 Å². The monoisotopic (exact) mass is 533 g/mol. The minimum atomic E-state index is -0.241. The van der Waals surface area contributed by atoms with E-state index in [1.54, 1.807) is 11.6 Å². The summed E-state index contributed by atoms with van der Waals surface area (Å²) < 4.78 is 13.4. The number of ether oxygens (including phenoxy) is 2. The molecule has 1 saturated carbocycles. The van der Waals surface area contributed by atoms with E-state index in [4.69, 9.17) is 19.4 Å². The smallest absolute Gasteiger partial charge is 0.253 e. The van der Waals surface area contributed by atoms with Crippen molar-refractivity contribution in [2.45, 2.75) is 51.2 Å². The Morgan fingerprint density at radius 2 is 1.90 bits per heavy atom. The lowest BCUT2D eigenvalue weighted by molar-refractivity contribution is 0.00315. The van der Waals surface area contributed by atoms with Crippen molar-refractivity contribution in [3.05, 3.63) is 46.4 Å². The minimum Gasteiger partial charge on any atom is -0.394 e. The molecule has 0 radical (unpaired) electrons. The number of morpholine rings is 2. The second kappa shape index (κ2) is 11.2. The SMILES string of the molecule is Cc1cc(-c2ccc3nc(N4CCO[C@H](CO)C4)nc(N4CCOC[C@@H]4C4CCCCC4)c3c2)cn(C)c1=O. The first-order valence-corrected chi connectivity index (χ1v) is 14.3. The van der Waals surface area contributed by atoms with Crippen molar-refractivity contribution in [3.8, 4) is 11.1 Å². The largest absolute Gasteiger partial charge is 0.394 e. The van der Waals surface area contributed by atoms with Crippen molar-refractivity contribution in [3.63, 3.8) is 0 Å². The number of fused-ring (bicyclic) bond motifs is 1. The number of anilines is 2. The van der Waals surface area contributed by atoms with Crippen LogP contribution in [0, 0.1) is 12.8 Å². The van der Waals surface area contributed by atoms with Gasteiger partial charge in [0.25, 0.3) is 5.56 Å². The molecule has 6 rings (SSSR count). The van der Waals surface area contributed by atoms with Crippen molar-refractivity contribution in [1.82, 2.24) is 14.5 Å². The third kappa shape index (κ3) is 5.27. The maximum absolute atomic E-state index is 12.3. The van der Waals surface area contributed by atoms with Crippen LogP contribution in [-0.4, -0.2) is 77.8 Å². The van der Waals surface area contributed by atoms with Gasteiger partial charge in [-0.25, -0.2) is 4.98 Å². The van der Waals surface area contributed by atoms with Crippen LogP contribution >= 0.6 is 0 Å². The number of aliphatic hydroxyl groups excluding tert-OH is 1. The van der Waals surface area contributed by atoms with E-state index in [2.05, 4.69) is 28.0 Å². The Morgan fingerprint density at radius 1 is 1.05 bits per heavy atom. The Hall–Kier alpha value is -3.01. The van der Waals surface area contributed by atoms with Crippen LogP contribution in [0.2, 0.25) is 0 Å². The van der Waals surface area contributed by atoms with Crippen LogP contribution in [0.25, 0.3) is 22.0 Å². The molecule has 3 aliphatic rings. The summed E-state index contributed by atoms with van der Waals surface area (Å²) in [5.74, 6) is 2.22. The van der Waals surface area contributed by atoms with E-state index in [0.717, 1.165) is 46.6 Å². The molecule has 9 heteroatoms. The zero-order valence-corrected chi connectivity index (χ0v) is 23.0. The van der Waals surface area contributed by atoms with Crippen LogP contribution in [0.1, 0.15) is 37.7 Å². The number of rotatable bonds is 5. The van der Waals surface area contributed by atoms with Gasteiger partial charge in [0.05, 0.1) is 44.1 Å². The van der Waals surface area contributed by atoms with Crippen LogP contribution in [0.3, 0.4) is 0 Å². The summed E-state index contributed by atoms with van der Waals surface area (Å²) in [4.78, 5) is 27.2. The number of pyridine rings is 1. The van der Waals surface area contributed by atoms with Gasteiger partial charge < -0.3 is 28.9 Å². The number of aryl methyl sites for hydroxylation is 2. The number of nitrogens with zero attached hydrogens (tertiary/aromatic N) is 5. The van der Waals surface area contributed by atoms with Crippen LogP contribution < -0.4 is 15.4 Å². The number of aliphatic hydroxyl groups is 1. The summed E-state index contributed by atoms with van der Waals surface area (Å²) in [5, 5.41) is 10.7. The van der Waals surface area contributed by atoms with Gasteiger partial charge in [-0.2, -0.15) is 4.98 Å². The highest BCUT2D eigenvalue weighted by Crippen LogP contribution is 2.37. The highest BCUT2D eigenvalue weighted by Gasteiger charge is 2.34. The van der Waals surface area contributed by atoms with Crippen molar-refractivity contribution in [2.24, 2.45) is 13.0 Å². The fourth-order valence-electron chi connectivity index (χ4n) is 6.48. The first-order chi connectivity index (χ1) is 19.0. The van der Waals surface area contributed by atoms with Gasteiger partial charge in [-0.15, -0.1) is 0 Å². The Bertz CT molecular complexity index is 1360. The van der Waals surface area contributed by atoms with Gasteiger partial charge in [0.1, 0.15) is 5.82 Å². The quantitative estimate of drug-likeness (QED) is 0.534. The molecular weight excluding hydrogens is 494 g/mol. The summed E-state index contributed by atoms with van der Waals surface area (Å²) in [6.45, 7) is 5.80. The molecular formula is C30H39N5O4. The molecule has 4 heterocycles. The molecule has 0 bridgehead atoms. The molecule has 2 aromatic heterocycles. The Balaban J connectivity index is 1.48. The molecule has 1 aliphatic carbocycles. The van der Waals surface area contributed by atoms with E-state index in [-0.39, 0.29) is 24.3 Å². The Labute approximate surface area is 229 Å². The van der Waals surface area contributed by atoms with Crippen LogP contribution in [-0.2, 0) is 16.5 Å². The number of hydrogen-bond donors (Lipinski definition) is 1. The van der Waals surface area contributed by atoms with E-state index in [1.165, 1.54) is 32.1 Å². The zero-order valence-electron chi connectivity index (χ0n) is 23.0. The van der Waals surface area contributed by atoms with E-state index in [0.29, 0.717) is 38.2 Å². The van der Waals surface area contributed by atoms with Crippen molar-refractivity contribution in [1.29, 1.82) is 0 Å². The fraction of sp³-hybridized carbons (Fsp3) is 0.567. The van der Waals surface area contributed by atoms with E-state index in [9.17, 15) is 9.90 Å². The van der Waals surface area contributed by atoms with Crippen molar-refractivity contribution < 1.29 is 14.6 Å². The van der Waals surface area contributed by atoms with Crippen LogP contribution in [0.4, 0.5) is 11.8 Å². The first-order valence-electron chi connectivity index (χ1n) is 14.3. The van der Waals surface area contributed by atoms with Gasteiger partial charge in [0.2, 0.25) is 5.95 Å². The molecule has 3 aromatic rings. The highest BCUT2D eigenvalue weighted by molar-refractivity contribution is 5.94. The minimum absolute atomic E-state index is 0.0172. The van der Waals surface area contributed by atoms with Crippen LogP contribution in [0.15, 0.2) is 35.3 Å². The van der Waals surface area contributed by atoms with Gasteiger partial charge in [0, 0.05) is 43.8 Å². The molecule has 39 heavy (non-hydrogen) atoms. The summed E-state index contributed by atoms with van der Waals surface area (Å²) in [7, 11) is 1.80. The lowest BCUT2D eigenvalue weighted by atomic mass is 9.83. The predicted octanol–water partition coefficient (Wildman–Crippen LogP) is 3.29. The zero-order chi connectivity index (χ0) is 26.9. The number of benzene rings is 1. The standard InChI is InChI=1S/C30H39N5O4/c1-20-14-23(16-33(2)29(20)37)22-8-9-26-25(15-22)28(32-30(31-26)34-10-13-39-24(17-34)18-36)35-11-12-38-19-27(35)21-6-4-3-5-7-21/h8-9,14-16,21,24,27,36H,3-7,10-13,17-19H2,1-2H3/t24-,27+/m0/s1. The molecule has 1 aromatic carbocycles. The molecule has 0 spiro atoms. The summed E-state index contributed by atoms with van der Waals surface area (Å²) in [6.07, 6.45) is 7.98. The van der Waals surface area contributed by atoms with E-state index < -0.39 is 0 Å². The first kappa shape index (κ1) is 26.2. The summed E-state index contributed by atoms with van der Waals surface area (Å²) >= 11 is 0. The molecule has 2 aliphatic heterocycles. The summed E-state index contributed by atoms with van der Waals surface area (Å²) in [6, 6.07) is 8.57. The predicted molar refractivity (Wildman–Crippen MR) is 153 cm³/mol. The highest BCUT2D eigenvalue weighted by atomic mass is 16.5. The normalized spacial score (nSPS) is 22.9. The average molecular weight is 534 g/mol. The average Bonchev–Trinajstić information content (AvgIpc) is 2.99. The molecule has 0 unspecified atom stereocenters. The molecule has 2 atom stereocenters. The van der Waals surface area contributed by atoms with Crippen LogP contribution in [0.5, 0.6) is 0 Å². The fourth-order valence-corrected chi connectivity index (χ4v) is 6.48. The van der Waals surface area contributed by atoms with Gasteiger partial charge in [-0.1, -0.05) is 25.3 Å². The molecule has 1 N–H and O–H groups in total. The lowest BCUT2D eigenvalue weighted by Gasteiger charge is -2.43. The van der Waals surface area contributed by atoms with E-state index in [1.807, 2.05) is 19.2 Å². The van der Waals surface area contributed by atoms with Gasteiger partial charge >= 0.3 is 0 Å². The second-order valence-corrected chi connectivity index (χ2v) is 11.3. The van der Waals surface area contributed by atoms with Crippen molar-refractivity contribution in [2.75, 3.05) is 55.9 Å². The number of aromatic nitrogens is 3. The second-order valence-electron chi connectivity index (χ2n) is 11.3. The molecule has 208 valence electrons. The van der Waals surface area contributed by atoms with Gasteiger partial charge in [-0.3, -0.25) is 4.79 Å². The lowest BCUT2D eigenvalue weighted by Crippen LogP contribution is -2.51. The summed E-state index contributed by atoms with van der Waals surface area (Å²) in [5.41, 5.74) is 3.66. The topological polar surface area (TPSA) is 92.9 Å². The Kier molecular flexibility index (Phi) is 7.55. The third-order valence-corrected chi connectivity index (χ3v) is 8.62. The number of hydrogen-bond acceptors (Lipinski definition) is 8. The molecule has 3 fully saturated rings. The van der Waals surface area contributed by atoms with Gasteiger partial charge in [0.15, 0.2) is 0 Å².